The maximum atomic E-state index is 12.6. The van der Waals surface area contributed by atoms with Gasteiger partial charge in [-0.05, 0) is 47.7 Å². The van der Waals surface area contributed by atoms with Crippen LogP contribution in [0.5, 0.6) is 5.75 Å². The van der Waals surface area contributed by atoms with E-state index in [9.17, 15) is 4.79 Å². The van der Waals surface area contributed by atoms with E-state index in [0.717, 1.165) is 49.6 Å². The molecule has 0 bridgehead atoms. The number of benzene rings is 1. The molecule has 0 radical (unpaired) electrons. The van der Waals surface area contributed by atoms with Crippen molar-refractivity contribution in [1.29, 1.82) is 0 Å². The predicted molar refractivity (Wildman–Crippen MR) is 107 cm³/mol. The number of nitrogens with zero attached hydrogens (tertiary/aromatic N) is 3. The van der Waals surface area contributed by atoms with Gasteiger partial charge in [0.25, 0.3) is 5.91 Å². The summed E-state index contributed by atoms with van der Waals surface area (Å²) in [4.78, 5) is 20.9. The molecule has 144 valence electrons. The first-order valence-corrected chi connectivity index (χ1v) is 9.65. The van der Waals surface area contributed by atoms with Gasteiger partial charge in [-0.25, -0.2) is 0 Å². The van der Waals surface area contributed by atoms with Crippen LogP contribution in [0.1, 0.15) is 36.5 Å². The van der Waals surface area contributed by atoms with Crippen molar-refractivity contribution in [3.63, 3.8) is 0 Å². The summed E-state index contributed by atoms with van der Waals surface area (Å²) in [5.74, 6) is 1.26. The van der Waals surface area contributed by atoms with Crippen LogP contribution in [0, 0.1) is 6.92 Å². The minimum Gasteiger partial charge on any atom is -0.483 e. The molecule has 27 heavy (non-hydrogen) atoms. The maximum Gasteiger partial charge on any atom is 0.260 e. The average molecular weight is 367 g/mol. The van der Waals surface area contributed by atoms with E-state index in [1.165, 1.54) is 5.56 Å². The van der Waals surface area contributed by atoms with Crippen LogP contribution in [-0.4, -0.2) is 53.5 Å². The second-order valence-corrected chi connectivity index (χ2v) is 7.50. The molecule has 2 aromatic rings. The molecule has 3 rings (SSSR count). The van der Waals surface area contributed by atoms with Crippen molar-refractivity contribution in [2.75, 3.05) is 32.8 Å². The van der Waals surface area contributed by atoms with Crippen molar-refractivity contribution < 1.29 is 9.53 Å². The smallest absolute Gasteiger partial charge is 0.260 e. The molecule has 0 spiro atoms. The molecule has 0 N–H and O–H groups in total. The number of ether oxygens (including phenoxy) is 1. The number of piperazine rings is 1. The summed E-state index contributed by atoms with van der Waals surface area (Å²) in [6.45, 7) is 10.6. The summed E-state index contributed by atoms with van der Waals surface area (Å²) in [7, 11) is 0. The van der Waals surface area contributed by atoms with Gasteiger partial charge in [0.15, 0.2) is 6.61 Å². The number of rotatable bonds is 6. The van der Waals surface area contributed by atoms with Crippen LogP contribution in [0.2, 0.25) is 0 Å². The van der Waals surface area contributed by atoms with Gasteiger partial charge in [0, 0.05) is 45.1 Å². The van der Waals surface area contributed by atoms with E-state index < -0.39 is 0 Å². The fraction of sp³-hybridized carbons (Fsp3) is 0.455. The van der Waals surface area contributed by atoms with Crippen LogP contribution in [0.15, 0.2) is 42.7 Å². The third-order valence-electron chi connectivity index (χ3n) is 5.02. The topological polar surface area (TPSA) is 45.7 Å². The molecule has 1 fully saturated rings. The highest BCUT2D eigenvalue weighted by molar-refractivity contribution is 5.78. The average Bonchev–Trinajstić information content (AvgIpc) is 2.67. The summed E-state index contributed by atoms with van der Waals surface area (Å²) in [6, 6.07) is 10.3. The second-order valence-electron chi connectivity index (χ2n) is 7.50. The van der Waals surface area contributed by atoms with Crippen LogP contribution in [0.4, 0.5) is 0 Å². The summed E-state index contributed by atoms with van der Waals surface area (Å²) < 4.78 is 5.91. The number of carbonyl (C=O) groups is 1. The fourth-order valence-corrected chi connectivity index (χ4v) is 3.38. The molecule has 2 heterocycles. The van der Waals surface area contributed by atoms with Crippen LogP contribution in [-0.2, 0) is 11.3 Å². The van der Waals surface area contributed by atoms with Crippen molar-refractivity contribution in [3.8, 4) is 5.75 Å². The van der Waals surface area contributed by atoms with Crippen LogP contribution < -0.4 is 4.74 Å². The Morgan fingerprint density at radius 1 is 1.11 bits per heavy atom. The molecule has 0 aliphatic carbocycles. The number of carbonyl (C=O) groups excluding carboxylic acids is 1. The molecule has 1 aromatic heterocycles. The fourth-order valence-electron chi connectivity index (χ4n) is 3.38. The number of amides is 1. The Hall–Kier alpha value is -2.40. The molecular weight excluding hydrogens is 338 g/mol. The molecule has 0 saturated carbocycles. The molecule has 0 atom stereocenters. The largest absolute Gasteiger partial charge is 0.483 e. The van der Waals surface area contributed by atoms with Crippen LogP contribution in [0.3, 0.4) is 0 Å². The minimum absolute atomic E-state index is 0.0646. The van der Waals surface area contributed by atoms with Crippen LogP contribution >= 0.6 is 0 Å². The standard InChI is InChI=1S/C22H29N3O2/c1-17(2)20-5-4-18(3)14-21(20)27-16-22(26)25-12-10-24(11-13-25)15-19-6-8-23-9-7-19/h4-9,14,17H,10-13,15-16H2,1-3H3. The highest BCUT2D eigenvalue weighted by atomic mass is 16.5. The van der Waals surface area contributed by atoms with E-state index in [1.54, 1.807) is 0 Å². The lowest BCUT2D eigenvalue weighted by atomic mass is 10.0. The first kappa shape index (κ1) is 19.4. The number of hydrogen-bond acceptors (Lipinski definition) is 4. The molecule has 1 aliphatic heterocycles. The van der Waals surface area contributed by atoms with E-state index in [1.807, 2.05) is 42.4 Å². The lowest BCUT2D eigenvalue weighted by molar-refractivity contribution is -0.135. The molecule has 1 saturated heterocycles. The number of hydrogen-bond donors (Lipinski definition) is 0. The van der Waals surface area contributed by atoms with Gasteiger partial charge < -0.3 is 9.64 Å². The van der Waals surface area contributed by atoms with E-state index in [4.69, 9.17) is 4.74 Å². The van der Waals surface area contributed by atoms with Crippen molar-refractivity contribution in [2.24, 2.45) is 0 Å². The first-order valence-electron chi connectivity index (χ1n) is 9.65. The predicted octanol–water partition coefficient (Wildman–Crippen LogP) is 3.24. The zero-order valence-electron chi connectivity index (χ0n) is 16.5. The Balaban J connectivity index is 1.49. The molecule has 1 aromatic carbocycles. The van der Waals surface area contributed by atoms with E-state index in [0.29, 0.717) is 5.92 Å². The minimum atomic E-state index is 0.0646. The highest BCUT2D eigenvalue weighted by Crippen LogP contribution is 2.27. The maximum absolute atomic E-state index is 12.6. The van der Waals surface area contributed by atoms with Gasteiger partial charge in [-0.1, -0.05) is 26.0 Å². The van der Waals surface area contributed by atoms with Gasteiger partial charge in [0.2, 0.25) is 0 Å². The second kappa shape index (κ2) is 9.00. The van der Waals surface area contributed by atoms with Crippen molar-refractivity contribution >= 4 is 5.91 Å². The van der Waals surface area contributed by atoms with Gasteiger partial charge in [-0.15, -0.1) is 0 Å². The third kappa shape index (κ3) is 5.30. The SMILES string of the molecule is Cc1ccc(C(C)C)c(OCC(=O)N2CCN(Cc3ccncc3)CC2)c1. The van der Waals surface area contributed by atoms with E-state index in [-0.39, 0.29) is 12.5 Å². The Labute approximate surface area is 162 Å². The molecule has 5 nitrogen and oxygen atoms in total. The van der Waals surface area contributed by atoms with Gasteiger partial charge in [0.05, 0.1) is 0 Å². The van der Waals surface area contributed by atoms with Gasteiger partial charge >= 0.3 is 0 Å². The first-order chi connectivity index (χ1) is 13.0. The van der Waals surface area contributed by atoms with E-state index >= 15 is 0 Å². The number of pyridine rings is 1. The lowest BCUT2D eigenvalue weighted by Gasteiger charge is -2.34. The highest BCUT2D eigenvalue weighted by Gasteiger charge is 2.22. The quantitative estimate of drug-likeness (QED) is 0.786. The molecule has 5 heteroatoms. The third-order valence-corrected chi connectivity index (χ3v) is 5.02. The monoisotopic (exact) mass is 367 g/mol. The molecule has 0 unspecified atom stereocenters. The van der Waals surface area contributed by atoms with Crippen LogP contribution in [0.25, 0.3) is 0 Å². The molecule has 1 aliphatic rings. The lowest BCUT2D eigenvalue weighted by Crippen LogP contribution is -2.49. The van der Waals surface area contributed by atoms with Crippen molar-refractivity contribution in [1.82, 2.24) is 14.8 Å². The summed E-state index contributed by atoms with van der Waals surface area (Å²) in [5.41, 5.74) is 3.55. The van der Waals surface area contributed by atoms with Gasteiger partial charge in [-0.3, -0.25) is 14.7 Å². The van der Waals surface area contributed by atoms with Crippen molar-refractivity contribution in [3.05, 3.63) is 59.4 Å². The zero-order valence-corrected chi connectivity index (χ0v) is 16.5. The molecular formula is C22H29N3O2. The molecule has 1 amide bonds. The Morgan fingerprint density at radius 3 is 2.48 bits per heavy atom. The van der Waals surface area contributed by atoms with Crippen molar-refractivity contribution in [2.45, 2.75) is 33.2 Å². The normalized spacial score (nSPS) is 15.2. The summed E-state index contributed by atoms with van der Waals surface area (Å²) in [6.07, 6.45) is 3.65. The summed E-state index contributed by atoms with van der Waals surface area (Å²) >= 11 is 0. The van der Waals surface area contributed by atoms with Gasteiger partial charge in [0.1, 0.15) is 5.75 Å². The number of aryl methyl sites for hydroxylation is 1. The Kier molecular flexibility index (Phi) is 6.45. The Bertz CT molecular complexity index is 753. The zero-order chi connectivity index (χ0) is 19.2. The summed E-state index contributed by atoms with van der Waals surface area (Å²) in [5, 5.41) is 0. The van der Waals surface area contributed by atoms with Gasteiger partial charge in [-0.2, -0.15) is 0 Å². The van der Waals surface area contributed by atoms with E-state index in [2.05, 4.69) is 35.9 Å². The number of aromatic nitrogens is 1. The Morgan fingerprint density at radius 2 is 1.81 bits per heavy atom.